The van der Waals surface area contributed by atoms with E-state index in [1.54, 1.807) is 21.6 Å². The fourth-order valence-corrected chi connectivity index (χ4v) is 8.61. The molecule has 1 spiro atoms. The van der Waals surface area contributed by atoms with E-state index < -0.39 is 22.6 Å². The molecule has 0 aliphatic carbocycles. The van der Waals surface area contributed by atoms with Crippen molar-refractivity contribution in [2.24, 2.45) is 11.8 Å². The summed E-state index contributed by atoms with van der Waals surface area (Å²) in [6.45, 7) is 1.77. The van der Waals surface area contributed by atoms with Crippen LogP contribution >= 0.6 is 11.8 Å². The number of unbranched alkanes of at least 4 members (excludes halogenated alkanes) is 1. The molecule has 0 radical (unpaired) electrons. The first-order chi connectivity index (χ1) is 19.0. The first-order valence-electron chi connectivity index (χ1n) is 13.7. The van der Waals surface area contributed by atoms with Crippen molar-refractivity contribution >= 4 is 35.2 Å². The molecule has 4 aliphatic rings. The summed E-state index contributed by atoms with van der Waals surface area (Å²) in [6, 6.07) is 18.8. The number of amides is 3. The molecule has 4 aliphatic heterocycles. The third-order valence-electron chi connectivity index (χ3n) is 8.33. The Hall–Kier alpha value is -3.36. The number of carbonyl (C=O) groups excluding carboxylic acids is 3. The highest BCUT2D eigenvalue weighted by atomic mass is 32.2. The first-order valence-corrected chi connectivity index (χ1v) is 14.6. The summed E-state index contributed by atoms with van der Waals surface area (Å²) in [6.07, 6.45) is 9.30. The summed E-state index contributed by atoms with van der Waals surface area (Å²) in [7, 11) is 0. The molecule has 4 heterocycles. The van der Waals surface area contributed by atoms with Crippen molar-refractivity contribution in [3.8, 4) is 0 Å². The number of benzene rings is 2. The third kappa shape index (κ3) is 4.39. The second-order valence-electron chi connectivity index (χ2n) is 10.6. The number of hydrogen-bond donors (Lipinski definition) is 1. The number of para-hydroxylation sites is 1. The first kappa shape index (κ1) is 25.9. The Labute approximate surface area is 233 Å². The van der Waals surface area contributed by atoms with Gasteiger partial charge in [0.05, 0.1) is 16.6 Å². The summed E-state index contributed by atoms with van der Waals surface area (Å²) < 4.78 is -0.826. The Morgan fingerprint density at radius 3 is 2.36 bits per heavy atom. The van der Waals surface area contributed by atoms with Gasteiger partial charge >= 0.3 is 0 Å². The molecule has 2 aromatic rings. The highest BCUT2D eigenvalue weighted by molar-refractivity contribution is 8.02. The summed E-state index contributed by atoms with van der Waals surface area (Å²) in [4.78, 5) is 48.1. The van der Waals surface area contributed by atoms with Gasteiger partial charge in [0.2, 0.25) is 17.7 Å². The molecule has 2 aromatic carbocycles. The minimum Gasteiger partial charge on any atom is -0.396 e. The van der Waals surface area contributed by atoms with E-state index in [4.69, 9.17) is 0 Å². The van der Waals surface area contributed by atoms with Crippen LogP contribution in [-0.4, -0.2) is 74.9 Å². The van der Waals surface area contributed by atoms with Gasteiger partial charge in [0, 0.05) is 43.7 Å². The Kier molecular flexibility index (Phi) is 7.08. The van der Waals surface area contributed by atoms with Crippen LogP contribution in [0.4, 0.5) is 5.69 Å². The lowest BCUT2D eigenvalue weighted by molar-refractivity contribution is -0.143. The van der Waals surface area contributed by atoms with Crippen LogP contribution in [0.1, 0.15) is 18.4 Å². The molecule has 8 heteroatoms. The van der Waals surface area contributed by atoms with Gasteiger partial charge in [-0.05, 0) is 30.5 Å². The molecule has 202 valence electrons. The maximum Gasteiger partial charge on any atom is 0.247 e. The van der Waals surface area contributed by atoms with Gasteiger partial charge in [-0.1, -0.05) is 72.8 Å². The second-order valence-corrected chi connectivity index (χ2v) is 12.1. The molecule has 0 aromatic heterocycles. The highest BCUT2D eigenvalue weighted by Gasteiger charge is 2.70. The maximum atomic E-state index is 14.3. The van der Waals surface area contributed by atoms with Crippen LogP contribution in [0.25, 0.3) is 0 Å². The molecule has 1 N–H and O–H groups in total. The zero-order chi connectivity index (χ0) is 27.0. The van der Waals surface area contributed by atoms with E-state index in [-0.39, 0.29) is 29.6 Å². The van der Waals surface area contributed by atoms with E-state index in [0.29, 0.717) is 39.0 Å². The van der Waals surface area contributed by atoms with Crippen LogP contribution in [0.5, 0.6) is 0 Å². The van der Waals surface area contributed by atoms with Gasteiger partial charge in [0.25, 0.3) is 0 Å². The Balaban J connectivity index is 1.39. The van der Waals surface area contributed by atoms with E-state index in [0.717, 1.165) is 11.3 Å². The summed E-state index contributed by atoms with van der Waals surface area (Å²) in [5.41, 5.74) is 1.84. The second kappa shape index (κ2) is 10.7. The standard InChI is InChI=1S/C31H33N3O4S/c35-20-8-7-18-34-27-30(38)32(21-22-11-3-1-4-12-22)17-10-16-31(27)26(29(34)37)25-24(39-31)15-9-19-33(28(25)36)23-13-5-2-6-14-23/h1-6,9-16,24-27,35H,7-8,17-21H2/t24-,25+,26-,27?,31-/m0/s1. The molecule has 2 fully saturated rings. The molecule has 0 bridgehead atoms. The van der Waals surface area contributed by atoms with Crippen LogP contribution in [0.3, 0.4) is 0 Å². The predicted octanol–water partition coefficient (Wildman–Crippen LogP) is 3.26. The summed E-state index contributed by atoms with van der Waals surface area (Å²) in [5.74, 6) is -1.48. The third-order valence-corrected chi connectivity index (χ3v) is 10.1. The molecule has 39 heavy (non-hydrogen) atoms. The van der Waals surface area contributed by atoms with Crippen molar-refractivity contribution in [3.05, 3.63) is 90.5 Å². The van der Waals surface area contributed by atoms with E-state index in [1.807, 2.05) is 77.7 Å². The number of thioether (sulfide) groups is 1. The number of rotatable bonds is 7. The summed E-state index contributed by atoms with van der Waals surface area (Å²) in [5, 5.41) is 9.21. The molecule has 7 nitrogen and oxygen atoms in total. The minimum absolute atomic E-state index is 0.0318. The number of anilines is 1. The lowest BCUT2D eigenvalue weighted by atomic mass is 9.78. The normalized spacial score (nSPS) is 29.8. The van der Waals surface area contributed by atoms with Crippen LogP contribution in [-0.2, 0) is 20.9 Å². The Morgan fingerprint density at radius 2 is 1.62 bits per heavy atom. The van der Waals surface area contributed by atoms with Crippen molar-refractivity contribution in [1.29, 1.82) is 0 Å². The zero-order valence-electron chi connectivity index (χ0n) is 21.8. The van der Waals surface area contributed by atoms with Crippen LogP contribution in [0.2, 0.25) is 0 Å². The topological polar surface area (TPSA) is 81.2 Å². The van der Waals surface area contributed by atoms with Crippen molar-refractivity contribution in [2.45, 2.75) is 35.4 Å². The van der Waals surface area contributed by atoms with Crippen LogP contribution in [0.15, 0.2) is 85.0 Å². The van der Waals surface area contributed by atoms with Crippen molar-refractivity contribution in [1.82, 2.24) is 9.80 Å². The SMILES string of the molecule is O=C1C2N(CCCCO)C(=O)[C@@H]3[C@@H]4C(=O)N(c5ccccc5)CC=C[C@@H]4S[C@]23C=CCN1Cc1ccccc1. The smallest absolute Gasteiger partial charge is 0.247 e. The highest BCUT2D eigenvalue weighted by Crippen LogP contribution is 2.61. The van der Waals surface area contributed by atoms with Crippen molar-refractivity contribution in [3.63, 3.8) is 0 Å². The average molecular weight is 544 g/mol. The Bertz CT molecular complexity index is 1300. The fourth-order valence-electron chi connectivity index (χ4n) is 6.60. The van der Waals surface area contributed by atoms with Crippen LogP contribution in [0, 0.1) is 11.8 Å². The van der Waals surface area contributed by atoms with E-state index >= 15 is 0 Å². The number of aliphatic hydroxyl groups is 1. The van der Waals surface area contributed by atoms with Crippen molar-refractivity contribution < 1.29 is 19.5 Å². The molecule has 1 unspecified atom stereocenters. The fraction of sp³-hybridized carbons (Fsp3) is 0.387. The number of fused-ring (bicyclic) bond motifs is 2. The van der Waals surface area contributed by atoms with Gasteiger partial charge in [-0.2, -0.15) is 0 Å². The quantitative estimate of drug-likeness (QED) is 0.428. The minimum atomic E-state index is -0.826. The monoisotopic (exact) mass is 543 g/mol. The van der Waals surface area contributed by atoms with Crippen molar-refractivity contribution in [2.75, 3.05) is 31.1 Å². The van der Waals surface area contributed by atoms with E-state index in [2.05, 4.69) is 12.2 Å². The number of hydrogen-bond acceptors (Lipinski definition) is 5. The van der Waals surface area contributed by atoms with Gasteiger partial charge in [-0.25, -0.2) is 0 Å². The molecule has 6 rings (SSSR count). The van der Waals surface area contributed by atoms with Gasteiger partial charge in [0.15, 0.2) is 0 Å². The van der Waals surface area contributed by atoms with Gasteiger partial charge < -0.3 is 19.8 Å². The van der Waals surface area contributed by atoms with E-state index in [1.165, 1.54) is 0 Å². The number of likely N-dealkylation sites (tertiary alicyclic amines) is 1. The number of aliphatic hydroxyl groups excluding tert-OH is 1. The lowest BCUT2D eigenvalue weighted by Gasteiger charge is -2.35. The number of carbonyl (C=O) groups is 3. The largest absolute Gasteiger partial charge is 0.396 e. The van der Waals surface area contributed by atoms with Gasteiger partial charge in [0.1, 0.15) is 6.04 Å². The van der Waals surface area contributed by atoms with E-state index in [9.17, 15) is 19.5 Å². The molecular formula is C31H33N3O4S. The molecular weight excluding hydrogens is 510 g/mol. The predicted molar refractivity (Wildman–Crippen MR) is 152 cm³/mol. The zero-order valence-corrected chi connectivity index (χ0v) is 22.6. The van der Waals surface area contributed by atoms with Crippen LogP contribution < -0.4 is 4.90 Å². The molecule has 0 saturated carbocycles. The molecule has 3 amide bonds. The van der Waals surface area contributed by atoms with Gasteiger partial charge in [-0.3, -0.25) is 14.4 Å². The summed E-state index contributed by atoms with van der Waals surface area (Å²) >= 11 is 1.60. The average Bonchev–Trinajstić information content (AvgIpc) is 3.27. The lowest BCUT2D eigenvalue weighted by Crippen LogP contribution is -2.53. The molecule has 5 atom stereocenters. The maximum absolute atomic E-state index is 14.3. The number of nitrogens with zero attached hydrogens (tertiary/aromatic N) is 3. The molecule has 2 saturated heterocycles. The Morgan fingerprint density at radius 1 is 0.872 bits per heavy atom. The van der Waals surface area contributed by atoms with Gasteiger partial charge in [-0.15, -0.1) is 11.8 Å².